The lowest BCUT2D eigenvalue weighted by Crippen LogP contribution is -2.21. The summed E-state index contributed by atoms with van der Waals surface area (Å²) in [6, 6.07) is 7.48. The summed E-state index contributed by atoms with van der Waals surface area (Å²) in [5.41, 5.74) is 0. The Morgan fingerprint density at radius 1 is 1.31 bits per heavy atom. The molecule has 1 aliphatic rings. The highest BCUT2D eigenvalue weighted by Crippen LogP contribution is 2.29. The molecule has 1 aliphatic carbocycles. The lowest BCUT2D eigenvalue weighted by atomic mass is 10.1. The number of Topliss-reactive ketones (excluding diaryl/α,β-unsaturated/α-hetero) is 1. The molecule has 0 heterocycles. The monoisotopic (exact) mass is 300 g/mol. The summed E-state index contributed by atoms with van der Waals surface area (Å²) in [5.74, 6) is 0.181. The van der Waals surface area contributed by atoms with E-state index in [-0.39, 0.29) is 17.0 Å². The lowest BCUT2D eigenvalue weighted by molar-refractivity contribution is -0.120. The number of ketones is 1. The van der Waals surface area contributed by atoms with Gasteiger partial charge < -0.3 is 0 Å². The zero-order valence-electron chi connectivity index (χ0n) is 8.98. The Morgan fingerprint density at radius 3 is 2.44 bits per heavy atom. The summed E-state index contributed by atoms with van der Waals surface area (Å²) in [6.07, 6.45) is 1.33. The van der Waals surface area contributed by atoms with Gasteiger partial charge in [-0.2, -0.15) is 0 Å². The Balaban J connectivity index is 2.19. The summed E-state index contributed by atoms with van der Waals surface area (Å²) in [7, 11) is -1.06. The predicted molar refractivity (Wildman–Crippen MR) is 67.7 cm³/mol. The average Bonchev–Trinajstić information content (AvgIpc) is 2.60. The number of benzene rings is 1. The Morgan fingerprint density at radius 2 is 1.94 bits per heavy atom. The van der Waals surface area contributed by atoms with E-state index in [4.69, 9.17) is 0 Å². The van der Waals surface area contributed by atoms with Crippen molar-refractivity contribution in [2.24, 2.45) is 5.92 Å². The fourth-order valence-electron chi connectivity index (χ4n) is 2.01. The van der Waals surface area contributed by atoms with Gasteiger partial charge in [0.05, 0.1) is 10.8 Å². The molecule has 0 aromatic heterocycles. The normalized spacial score (nSPS) is 27.0. The molecule has 0 radical (unpaired) electrons. The zero-order valence-corrected chi connectivity index (χ0v) is 11.4. The topological polar surface area (TPSA) is 34.1 Å². The second kappa shape index (κ2) is 4.80. The molecular formula is C12H13BrO2S. The van der Waals surface area contributed by atoms with Crippen molar-refractivity contribution >= 4 is 32.5 Å². The van der Waals surface area contributed by atoms with Gasteiger partial charge in [-0.05, 0) is 30.7 Å². The third-order valence-corrected chi connectivity index (χ3v) is 5.52. The molecule has 1 aromatic carbocycles. The molecule has 1 fully saturated rings. The first-order valence-corrected chi connectivity index (χ1v) is 7.29. The maximum atomic E-state index is 12.3. The first-order chi connectivity index (χ1) is 7.59. The van der Waals surface area contributed by atoms with E-state index < -0.39 is 10.8 Å². The Kier molecular flexibility index (Phi) is 3.60. The van der Waals surface area contributed by atoms with Gasteiger partial charge in [0, 0.05) is 27.0 Å². The molecule has 0 spiro atoms. The van der Waals surface area contributed by atoms with E-state index in [0.29, 0.717) is 6.42 Å². The van der Waals surface area contributed by atoms with Gasteiger partial charge in [0.25, 0.3) is 0 Å². The smallest absolute Gasteiger partial charge is 0.136 e. The highest BCUT2D eigenvalue weighted by Gasteiger charge is 2.35. The van der Waals surface area contributed by atoms with E-state index in [2.05, 4.69) is 15.9 Å². The van der Waals surface area contributed by atoms with E-state index in [9.17, 15) is 9.00 Å². The van der Waals surface area contributed by atoms with Crippen LogP contribution in [0, 0.1) is 5.92 Å². The molecule has 0 amide bonds. The summed E-state index contributed by atoms with van der Waals surface area (Å²) < 4.78 is 13.2. The predicted octanol–water partition coefficient (Wildman–Crippen LogP) is 2.92. The van der Waals surface area contributed by atoms with Gasteiger partial charge in [-0.1, -0.05) is 22.9 Å². The lowest BCUT2D eigenvalue weighted by Gasteiger charge is -2.13. The van der Waals surface area contributed by atoms with Gasteiger partial charge in [0.15, 0.2) is 0 Å². The van der Waals surface area contributed by atoms with E-state index in [0.717, 1.165) is 15.8 Å². The molecule has 3 atom stereocenters. The van der Waals surface area contributed by atoms with Crippen molar-refractivity contribution in [3.05, 3.63) is 28.7 Å². The number of carbonyl (C=O) groups is 1. The van der Waals surface area contributed by atoms with Crippen LogP contribution in [0.2, 0.25) is 0 Å². The molecule has 16 heavy (non-hydrogen) atoms. The van der Waals surface area contributed by atoms with Crippen LogP contribution in [0.15, 0.2) is 33.6 Å². The van der Waals surface area contributed by atoms with Crippen molar-refractivity contribution in [3.63, 3.8) is 0 Å². The molecule has 0 N–H and O–H groups in total. The maximum absolute atomic E-state index is 12.3. The quantitative estimate of drug-likeness (QED) is 0.841. The summed E-state index contributed by atoms with van der Waals surface area (Å²) in [5, 5.41) is -0.00586. The van der Waals surface area contributed by atoms with Gasteiger partial charge >= 0.3 is 0 Å². The first-order valence-electron chi connectivity index (χ1n) is 5.28. The van der Waals surface area contributed by atoms with Crippen molar-refractivity contribution < 1.29 is 9.00 Å². The third-order valence-electron chi connectivity index (χ3n) is 3.06. The first kappa shape index (κ1) is 12.0. The number of halogens is 1. The molecule has 3 unspecified atom stereocenters. The summed E-state index contributed by atoms with van der Waals surface area (Å²) in [6.45, 7) is 1.89. The molecule has 4 heteroatoms. The minimum absolute atomic E-state index is 0.00586. The molecule has 2 nitrogen and oxygen atoms in total. The fourth-order valence-corrected chi connectivity index (χ4v) is 3.88. The molecule has 86 valence electrons. The number of hydrogen-bond donors (Lipinski definition) is 0. The Hall–Kier alpha value is -0.480. The van der Waals surface area contributed by atoms with Crippen LogP contribution >= 0.6 is 15.9 Å². The van der Waals surface area contributed by atoms with Gasteiger partial charge in [-0.15, -0.1) is 0 Å². The molecule has 1 aromatic rings. The highest BCUT2D eigenvalue weighted by atomic mass is 79.9. The minimum Gasteiger partial charge on any atom is -0.299 e. The average molecular weight is 301 g/mol. The summed E-state index contributed by atoms with van der Waals surface area (Å²) in [4.78, 5) is 12.2. The second-order valence-electron chi connectivity index (χ2n) is 4.08. The number of rotatable bonds is 2. The standard InChI is InChI=1S/C12H13BrO2S/c1-8-11(14)6-7-12(8)16(15)10-4-2-9(13)3-5-10/h2-5,8,12H,6-7H2,1H3. The third kappa shape index (κ3) is 2.28. The van der Waals surface area contributed by atoms with Crippen molar-refractivity contribution in [1.29, 1.82) is 0 Å². The van der Waals surface area contributed by atoms with E-state index >= 15 is 0 Å². The molecule has 2 rings (SSSR count). The van der Waals surface area contributed by atoms with Crippen molar-refractivity contribution in [2.45, 2.75) is 29.9 Å². The molecule has 1 saturated carbocycles. The van der Waals surface area contributed by atoms with E-state index in [1.54, 1.807) is 0 Å². The van der Waals surface area contributed by atoms with Crippen LogP contribution in [-0.2, 0) is 15.6 Å². The van der Waals surface area contributed by atoms with Crippen LogP contribution in [0.1, 0.15) is 19.8 Å². The second-order valence-corrected chi connectivity index (χ2v) is 6.67. The summed E-state index contributed by atoms with van der Waals surface area (Å²) >= 11 is 3.35. The highest BCUT2D eigenvalue weighted by molar-refractivity contribution is 9.10. The van der Waals surface area contributed by atoms with Crippen LogP contribution in [0.3, 0.4) is 0 Å². The molecular weight excluding hydrogens is 288 g/mol. The van der Waals surface area contributed by atoms with Crippen LogP contribution < -0.4 is 0 Å². The van der Waals surface area contributed by atoms with E-state index in [1.807, 2.05) is 31.2 Å². The van der Waals surface area contributed by atoms with Gasteiger partial charge in [0.2, 0.25) is 0 Å². The maximum Gasteiger partial charge on any atom is 0.136 e. The number of hydrogen-bond acceptors (Lipinski definition) is 2. The fraction of sp³-hybridized carbons (Fsp3) is 0.417. The minimum atomic E-state index is -1.06. The van der Waals surface area contributed by atoms with Crippen molar-refractivity contribution in [2.75, 3.05) is 0 Å². The Bertz CT molecular complexity index is 427. The number of carbonyl (C=O) groups excluding carboxylic acids is 1. The van der Waals surface area contributed by atoms with Crippen LogP contribution in [-0.4, -0.2) is 15.2 Å². The van der Waals surface area contributed by atoms with Crippen LogP contribution in [0.25, 0.3) is 0 Å². The van der Waals surface area contributed by atoms with Crippen LogP contribution in [0.5, 0.6) is 0 Å². The van der Waals surface area contributed by atoms with Crippen LogP contribution in [0.4, 0.5) is 0 Å². The SMILES string of the molecule is CC1C(=O)CCC1S(=O)c1ccc(Br)cc1. The van der Waals surface area contributed by atoms with Gasteiger partial charge in [-0.25, -0.2) is 0 Å². The largest absolute Gasteiger partial charge is 0.299 e. The van der Waals surface area contributed by atoms with Gasteiger partial charge in [-0.3, -0.25) is 9.00 Å². The van der Waals surface area contributed by atoms with Crippen molar-refractivity contribution in [1.82, 2.24) is 0 Å². The van der Waals surface area contributed by atoms with Gasteiger partial charge in [0.1, 0.15) is 5.78 Å². The molecule has 0 bridgehead atoms. The zero-order chi connectivity index (χ0) is 11.7. The molecule has 0 saturated heterocycles. The van der Waals surface area contributed by atoms with Crippen molar-refractivity contribution in [3.8, 4) is 0 Å². The molecule has 0 aliphatic heterocycles. The Labute approximate surface area is 106 Å². The van der Waals surface area contributed by atoms with E-state index in [1.165, 1.54) is 0 Å².